The average Bonchev–Trinajstić information content (AvgIpc) is 2.85. The molecule has 0 aliphatic rings. The minimum absolute atomic E-state index is 1.07. The molecule has 0 radical (unpaired) electrons. The van der Waals surface area contributed by atoms with Crippen LogP contribution in [-0.2, 0) is 0 Å². The maximum absolute atomic E-state index is 3.93. The molecule has 2 aromatic carbocycles. The second-order valence-electron chi connectivity index (χ2n) is 5.74. The second kappa shape index (κ2) is 5.94. The van der Waals surface area contributed by atoms with Crippen molar-refractivity contribution in [2.24, 2.45) is 0 Å². The number of hydrogen-bond acceptors (Lipinski definition) is 1. The molecule has 0 unspecified atom stereocenters. The largest absolute Gasteiger partial charge is 0.135 e. The summed E-state index contributed by atoms with van der Waals surface area (Å²) >= 11 is 1.87. The van der Waals surface area contributed by atoms with Crippen LogP contribution >= 0.6 is 11.3 Å². The molecule has 0 saturated heterocycles. The van der Waals surface area contributed by atoms with E-state index in [1.165, 1.54) is 36.9 Å². The molecule has 0 nitrogen and oxygen atoms in total. The Morgan fingerprint density at radius 2 is 1.68 bits per heavy atom. The van der Waals surface area contributed by atoms with Crippen LogP contribution in [0.1, 0.15) is 25.0 Å². The Morgan fingerprint density at radius 3 is 2.36 bits per heavy atom. The van der Waals surface area contributed by atoms with E-state index >= 15 is 0 Å². The minimum Gasteiger partial charge on any atom is -0.135 e. The Balaban J connectivity index is 2.18. The van der Waals surface area contributed by atoms with Gasteiger partial charge in [0.05, 0.1) is 0 Å². The van der Waals surface area contributed by atoms with E-state index in [0.717, 1.165) is 5.57 Å². The lowest BCUT2D eigenvalue weighted by atomic mass is 10.0. The van der Waals surface area contributed by atoms with Crippen molar-refractivity contribution in [1.82, 2.24) is 0 Å². The van der Waals surface area contributed by atoms with Crippen molar-refractivity contribution in [3.63, 3.8) is 0 Å². The molecule has 0 bridgehead atoms. The summed E-state index contributed by atoms with van der Waals surface area (Å²) in [4.78, 5) is 0. The lowest BCUT2D eigenvalue weighted by Crippen LogP contribution is -1.81. The third kappa shape index (κ3) is 2.77. The van der Waals surface area contributed by atoms with Gasteiger partial charge in [0.2, 0.25) is 0 Å². The zero-order chi connectivity index (χ0) is 15.7. The normalized spacial score (nSPS) is 12.6. The monoisotopic (exact) mass is 304 g/mol. The lowest BCUT2D eigenvalue weighted by Gasteiger charge is -2.03. The fourth-order valence-corrected chi connectivity index (χ4v) is 3.73. The summed E-state index contributed by atoms with van der Waals surface area (Å²) in [7, 11) is 0. The summed E-state index contributed by atoms with van der Waals surface area (Å²) in [6.07, 6.45) is 6.36. The van der Waals surface area contributed by atoms with Crippen LogP contribution in [0.5, 0.6) is 0 Å². The average molecular weight is 304 g/mol. The van der Waals surface area contributed by atoms with Gasteiger partial charge in [-0.2, -0.15) is 0 Å². The van der Waals surface area contributed by atoms with Crippen LogP contribution < -0.4 is 0 Å². The first-order chi connectivity index (χ1) is 10.6. The van der Waals surface area contributed by atoms with Crippen molar-refractivity contribution in [3.05, 3.63) is 77.9 Å². The van der Waals surface area contributed by atoms with E-state index < -0.39 is 0 Å². The van der Waals surface area contributed by atoms with E-state index in [4.69, 9.17) is 0 Å². The minimum atomic E-state index is 1.07. The van der Waals surface area contributed by atoms with E-state index in [0.29, 0.717) is 0 Å². The van der Waals surface area contributed by atoms with Crippen molar-refractivity contribution in [2.75, 3.05) is 0 Å². The van der Waals surface area contributed by atoms with Gasteiger partial charge < -0.3 is 0 Å². The number of fused-ring (bicyclic) bond motifs is 3. The first-order valence-corrected chi connectivity index (χ1v) is 8.33. The van der Waals surface area contributed by atoms with Crippen molar-refractivity contribution in [3.8, 4) is 0 Å². The molecule has 1 aromatic heterocycles. The third-order valence-corrected chi connectivity index (χ3v) is 4.97. The van der Waals surface area contributed by atoms with Gasteiger partial charge in [-0.25, -0.2) is 0 Å². The van der Waals surface area contributed by atoms with Crippen LogP contribution in [0.2, 0.25) is 0 Å². The molecule has 0 atom stereocenters. The van der Waals surface area contributed by atoms with Crippen molar-refractivity contribution < 1.29 is 0 Å². The zero-order valence-electron chi connectivity index (χ0n) is 13.3. The number of thiophene rings is 1. The molecule has 0 aliphatic carbocycles. The van der Waals surface area contributed by atoms with Gasteiger partial charge >= 0.3 is 0 Å². The highest BCUT2D eigenvalue weighted by Gasteiger charge is 2.07. The Hall–Kier alpha value is -2.12. The highest BCUT2D eigenvalue weighted by atomic mass is 32.1. The second-order valence-corrected chi connectivity index (χ2v) is 6.82. The van der Waals surface area contributed by atoms with Gasteiger partial charge in [0.25, 0.3) is 0 Å². The van der Waals surface area contributed by atoms with Crippen LogP contribution in [0.4, 0.5) is 0 Å². The molecule has 1 heterocycles. The van der Waals surface area contributed by atoms with Gasteiger partial charge in [-0.05, 0) is 56.2 Å². The predicted octanol–water partition coefficient (Wildman–Crippen LogP) is 6.90. The van der Waals surface area contributed by atoms with Crippen molar-refractivity contribution in [1.29, 1.82) is 0 Å². The fourth-order valence-electron chi connectivity index (χ4n) is 2.66. The molecule has 110 valence electrons. The SMILES string of the molecule is C=C(C)/C=C\C(=C/C)c1ccc2sc3ccc(C)cc3c2c1. The van der Waals surface area contributed by atoms with Gasteiger partial charge in [0.1, 0.15) is 0 Å². The maximum Gasteiger partial charge on any atom is 0.0355 e. The van der Waals surface area contributed by atoms with Crippen LogP contribution in [0, 0.1) is 6.92 Å². The maximum atomic E-state index is 3.93. The molecule has 0 fully saturated rings. The summed E-state index contributed by atoms with van der Waals surface area (Å²) in [6, 6.07) is 13.5. The molecule has 0 aliphatic heterocycles. The standard InChI is InChI=1S/C21H20S/c1-5-16(8-6-14(2)3)17-9-11-21-19(13-17)18-12-15(4)7-10-20(18)22-21/h5-13H,2H2,1,3-4H3/b8-6-,16-5+. The van der Waals surface area contributed by atoms with Gasteiger partial charge in [-0.3, -0.25) is 0 Å². The molecule has 0 N–H and O–H groups in total. The Bertz CT molecular complexity index is 920. The van der Waals surface area contributed by atoms with Crippen LogP contribution in [0.3, 0.4) is 0 Å². The smallest absolute Gasteiger partial charge is 0.0355 e. The molecule has 1 heteroatoms. The molecule has 0 saturated carbocycles. The summed E-state index contributed by atoms with van der Waals surface area (Å²) < 4.78 is 2.71. The molecule has 3 aromatic rings. The Labute approximate surface area is 136 Å². The number of allylic oxidation sites excluding steroid dienone is 5. The fraction of sp³-hybridized carbons (Fsp3) is 0.143. The first-order valence-electron chi connectivity index (χ1n) is 7.51. The van der Waals surface area contributed by atoms with Crippen molar-refractivity contribution in [2.45, 2.75) is 20.8 Å². The summed E-state index contributed by atoms with van der Waals surface area (Å²) in [6.45, 7) is 10.2. The van der Waals surface area contributed by atoms with Crippen molar-refractivity contribution >= 4 is 37.1 Å². The molecule has 0 amide bonds. The van der Waals surface area contributed by atoms with E-state index in [2.05, 4.69) is 75.1 Å². The number of benzene rings is 2. The highest BCUT2D eigenvalue weighted by molar-refractivity contribution is 7.25. The topological polar surface area (TPSA) is 0 Å². The summed E-state index contributed by atoms with van der Waals surface area (Å²) in [5.74, 6) is 0. The Kier molecular flexibility index (Phi) is 4.00. The summed E-state index contributed by atoms with van der Waals surface area (Å²) in [5.41, 5.74) is 4.87. The molecule has 0 spiro atoms. The van der Waals surface area contributed by atoms with Gasteiger partial charge in [-0.15, -0.1) is 11.3 Å². The van der Waals surface area contributed by atoms with Crippen LogP contribution in [-0.4, -0.2) is 0 Å². The van der Waals surface area contributed by atoms with Crippen LogP contribution in [0.15, 0.2) is 66.8 Å². The van der Waals surface area contributed by atoms with E-state index in [1.807, 2.05) is 18.3 Å². The molecular formula is C21H20S. The molecule has 22 heavy (non-hydrogen) atoms. The third-order valence-electron chi connectivity index (χ3n) is 3.82. The molecular weight excluding hydrogens is 284 g/mol. The molecule has 3 rings (SSSR count). The van der Waals surface area contributed by atoms with Crippen LogP contribution in [0.25, 0.3) is 25.7 Å². The highest BCUT2D eigenvalue weighted by Crippen LogP contribution is 2.36. The van der Waals surface area contributed by atoms with E-state index in [-0.39, 0.29) is 0 Å². The Morgan fingerprint density at radius 1 is 1.00 bits per heavy atom. The summed E-state index contributed by atoms with van der Waals surface area (Å²) in [5, 5.41) is 2.71. The van der Waals surface area contributed by atoms with Gasteiger partial charge in [0, 0.05) is 20.2 Å². The quantitative estimate of drug-likeness (QED) is 0.462. The first kappa shape index (κ1) is 14.8. The number of aryl methyl sites for hydroxylation is 1. The number of hydrogen-bond donors (Lipinski definition) is 0. The predicted molar refractivity (Wildman–Crippen MR) is 102 cm³/mol. The van der Waals surface area contributed by atoms with E-state index in [9.17, 15) is 0 Å². The van der Waals surface area contributed by atoms with Gasteiger partial charge in [-0.1, -0.05) is 48.1 Å². The zero-order valence-corrected chi connectivity index (χ0v) is 14.1. The van der Waals surface area contributed by atoms with Gasteiger partial charge in [0.15, 0.2) is 0 Å². The van der Waals surface area contributed by atoms with E-state index in [1.54, 1.807) is 0 Å². The number of rotatable bonds is 3. The lowest BCUT2D eigenvalue weighted by molar-refractivity contribution is 1.52.